The molecule has 3 aromatic rings. The molecule has 1 aromatic carbocycles. The molecule has 0 N–H and O–H groups in total. The SMILES string of the molecule is C[C@H](Sc1nnc(C(C)(C)C)o1)c1noc(-c2ccccc2)n1. The Morgan fingerprint density at radius 3 is 2.48 bits per heavy atom. The molecule has 0 amide bonds. The van der Waals surface area contributed by atoms with Crippen LogP contribution < -0.4 is 0 Å². The number of nitrogens with zero attached hydrogens (tertiary/aromatic N) is 4. The van der Waals surface area contributed by atoms with E-state index < -0.39 is 0 Å². The number of aromatic nitrogens is 4. The van der Waals surface area contributed by atoms with Gasteiger partial charge in [0.15, 0.2) is 5.82 Å². The van der Waals surface area contributed by atoms with Gasteiger partial charge in [-0.15, -0.1) is 10.2 Å². The third-order valence-corrected chi connectivity index (χ3v) is 4.08. The lowest BCUT2D eigenvalue weighted by atomic mass is 9.97. The minimum atomic E-state index is -0.165. The van der Waals surface area contributed by atoms with E-state index in [1.165, 1.54) is 11.8 Å². The first-order chi connectivity index (χ1) is 10.9. The fourth-order valence-electron chi connectivity index (χ4n) is 1.86. The molecule has 0 fully saturated rings. The van der Waals surface area contributed by atoms with Gasteiger partial charge >= 0.3 is 0 Å². The standard InChI is InChI=1S/C16H18N4O2S/c1-10(23-15-19-18-14(21-15)16(2,3)4)12-17-13(22-20-12)11-8-6-5-7-9-11/h5-10H,1-4H3/t10-/m0/s1. The largest absolute Gasteiger partial charge is 0.415 e. The van der Waals surface area contributed by atoms with Crippen molar-refractivity contribution in [3.8, 4) is 11.5 Å². The Balaban J connectivity index is 1.73. The van der Waals surface area contributed by atoms with Gasteiger partial charge in [-0.1, -0.05) is 55.9 Å². The van der Waals surface area contributed by atoms with Gasteiger partial charge in [0.1, 0.15) is 0 Å². The van der Waals surface area contributed by atoms with E-state index in [9.17, 15) is 0 Å². The van der Waals surface area contributed by atoms with E-state index in [-0.39, 0.29) is 10.7 Å². The van der Waals surface area contributed by atoms with Gasteiger partial charge in [0.25, 0.3) is 11.1 Å². The van der Waals surface area contributed by atoms with Crippen molar-refractivity contribution in [3.05, 3.63) is 42.0 Å². The van der Waals surface area contributed by atoms with Gasteiger partial charge in [-0.05, 0) is 19.1 Å². The molecule has 0 aliphatic rings. The molecule has 0 radical (unpaired) electrons. The Kier molecular flexibility index (Phi) is 4.21. The molecular weight excluding hydrogens is 312 g/mol. The second kappa shape index (κ2) is 6.16. The molecule has 0 aliphatic carbocycles. The lowest BCUT2D eigenvalue weighted by Crippen LogP contribution is -2.11. The first kappa shape index (κ1) is 15.7. The van der Waals surface area contributed by atoms with Crippen LogP contribution in [0, 0.1) is 0 Å². The maximum Gasteiger partial charge on any atom is 0.277 e. The molecule has 0 unspecified atom stereocenters. The maximum atomic E-state index is 5.69. The second-order valence-electron chi connectivity index (χ2n) is 6.21. The molecule has 120 valence electrons. The summed E-state index contributed by atoms with van der Waals surface area (Å²) in [4.78, 5) is 4.44. The molecule has 7 heteroatoms. The summed E-state index contributed by atoms with van der Waals surface area (Å²) in [5.41, 5.74) is 0.734. The van der Waals surface area contributed by atoms with Crippen molar-refractivity contribution >= 4 is 11.8 Å². The van der Waals surface area contributed by atoms with Crippen molar-refractivity contribution in [2.24, 2.45) is 0 Å². The lowest BCUT2D eigenvalue weighted by Gasteiger charge is -2.11. The van der Waals surface area contributed by atoms with Crippen molar-refractivity contribution in [2.45, 2.75) is 43.6 Å². The molecule has 0 bridgehead atoms. The highest BCUT2D eigenvalue weighted by molar-refractivity contribution is 7.99. The Morgan fingerprint density at radius 1 is 1.09 bits per heavy atom. The van der Waals surface area contributed by atoms with Gasteiger partial charge in [0, 0.05) is 11.0 Å². The average molecular weight is 330 g/mol. The normalized spacial score (nSPS) is 13.2. The van der Waals surface area contributed by atoms with Gasteiger partial charge in [-0.3, -0.25) is 0 Å². The van der Waals surface area contributed by atoms with Crippen molar-refractivity contribution in [1.82, 2.24) is 20.3 Å². The highest BCUT2D eigenvalue weighted by Crippen LogP contribution is 2.34. The summed E-state index contributed by atoms with van der Waals surface area (Å²) in [6.45, 7) is 8.07. The lowest BCUT2D eigenvalue weighted by molar-refractivity contribution is 0.347. The Bertz CT molecular complexity index is 777. The summed E-state index contributed by atoms with van der Waals surface area (Å²) in [6, 6.07) is 9.68. The fourth-order valence-corrected chi connectivity index (χ4v) is 2.58. The van der Waals surface area contributed by atoms with E-state index >= 15 is 0 Å². The Morgan fingerprint density at radius 2 is 1.83 bits per heavy atom. The van der Waals surface area contributed by atoms with Crippen LogP contribution in [0.2, 0.25) is 0 Å². The zero-order chi connectivity index (χ0) is 16.4. The molecule has 3 rings (SSSR count). The smallest absolute Gasteiger partial charge is 0.277 e. The number of hydrogen-bond donors (Lipinski definition) is 0. The van der Waals surface area contributed by atoms with Crippen molar-refractivity contribution < 1.29 is 8.94 Å². The number of thioether (sulfide) groups is 1. The molecule has 0 aliphatic heterocycles. The van der Waals surface area contributed by atoms with Crippen molar-refractivity contribution in [2.75, 3.05) is 0 Å². The minimum absolute atomic E-state index is 0.0514. The number of rotatable bonds is 4. The first-order valence-corrected chi connectivity index (χ1v) is 8.21. The quantitative estimate of drug-likeness (QED) is 0.661. The molecule has 2 aromatic heterocycles. The Labute approximate surface area is 138 Å². The van der Waals surface area contributed by atoms with Gasteiger partial charge in [0.05, 0.1) is 5.25 Å². The van der Waals surface area contributed by atoms with Crippen LogP contribution in [0.5, 0.6) is 0 Å². The summed E-state index contributed by atoms with van der Waals surface area (Å²) in [7, 11) is 0. The van der Waals surface area contributed by atoms with Gasteiger partial charge < -0.3 is 8.94 Å². The zero-order valence-corrected chi connectivity index (χ0v) is 14.3. The summed E-state index contributed by atoms with van der Waals surface area (Å²) >= 11 is 1.42. The first-order valence-electron chi connectivity index (χ1n) is 7.33. The van der Waals surface area contributed by atoms with E-state index in [1.54, 1.807) is 0 Å². The summed E-state index contributed by atoms with van der Waals surface area (Å²) in [6.07, 6.45) is 0. The molecule has 0 saturated carbocycles. The van der Waals surface area contributed by atoms with Crippen LogP contribution in [0.4, 0.5) is 0 Å². The molecule has 2 heterocycles. The number of benzene rings is 1. The molecular formula is C16H18N4O2S. The average Bonchev–Trinajstić information content (AvgIpc) is 3.16. The molecule has 1 atom stereocenters. The van der Waals surface area contributed by atoms with E-state index in [2.05, 4.69) is 20.3 Å². The van der Waals surface area contributed by atoms with Crippen LogP contribution in [0.1, 0.15) is 44.7 Å². The van der Waals surface area contributed by atoms with Crippen LogP contribution in [-0.4, -0.2) is 20.3 Å². The third kappa shape index (κ3) is 3.61. The molecule has 6 nitrogen and oxygen atoms in total. The second-order valence-corrected chi connectivity index (χ2v) is 7.50. The van der Waals surface area contributed by atoms with Gasteiger partial charge in [0.2, 0.25) is 5.89 Å². The van der Waals surface area contributed by atoms with Crippen molar-refractivity contribution in [1.29, 1.82) is 0 Å². The van der Waals surface area contributed by atoms with E-state index in [1.807, 2.05) is 58.0 Å². The van der Waals surface area contributed by atoms with Gasteiger partial charge in [-0.2, -0.15) is 4.98 Å². The van der Waals surface area contributed by atoms with Crippen molar-refractivity contribution in [3.63, 3.8) is 0 Å². The van der Waals surface area contributed by atoms with E-state index in [0.29, 0.717) is 22.8 Å². The van der Waals surface area contributed by atoms with Crippen LogP contribution in [-0.2, 0) is 5.41 Å². The Hall–Kier alpha value is -2.15. The topological polar surface area (TPSA) is 77.8 Å². The van der Waals surface area contributed by atoms with Gasteiger partial charge in [-0.25, -0.2) is 0 Å². The highest BCUT2D eigenvalue weighted by Gasteiger charge is 2.24. The predicted molar refractivity (Wildman–Crippen MR) is 87.0 cm³/mol. The molecule has 0 spiro atoms. The van der Waals surface area contributed by atoms with Crippen LogP contribution >= 0.6 is 11.8 Å². The van der Waals surface area contributed by atoms with E-state index in [4.69, 9.17) is 8.94 Å². The summed E-state index contributed by atoms with van der Waals surface area (Å²) in [5, 5.41) is 12.7. The molecule has 23 heavy (non-hydrogen) atoms. The maximum absolute atomic E-state index is 5.69. The van der Waals surface area contributed by atoms with E-state index in [0.717, 1.165) is 5.56 Å². The van der Waals surface area contributed by atoms with Crippen LogP contribution in [0.3, 0.4) is 0 Å². The monoisotopic (exact) mass is 330 g/mol. The highest BCUT2D eigenvalue weighted by atomic mass is 32.2. The predicted octanol–water partition coefficient (Wildman–Crippen LogP) is 4.27. The molecule has 0 saturated heterocycles. The fraction of sp³-hybridized carbons (Fsp3) is 0.375. The van der Waals surface area contributed by atoms with Crippen LogP contribution in [0.15, 0.2) is 44.5 Å². The van der Waals surface area contributed by atoms with Crippen LogP contribution in [0.25, 0.3) is 11.5 Å². The summed E-state index contributed by atoms with van der Waals surface area (Å²) < 4.78 is 11.0. The third-order valence-electron chi connectivity index (χ3n) is 3.15. The zero-order valence-electron chi connectivity index (χ0n) is 13.5. The minimum Gasteiger partial charge on any atom is -0.415 e. The summed E-state index contributed by atoms with van der Waals surface area (Å²) in [5.74, 6) is 1.73. The number of hydrogen-bond acceptors (Lipinski definition) is 7.